The molecule has 2 aliphatic rings. The van der Waals surface area contributed by atoms with Crippen molar-refractivity contribution in [1.29, 1.82) is 0 Å². The summed E-state index contributed by atoms with van der Waals surface area (Å²) in [4.78, 5) is 0.274. The molecule has 2 heterocycles. The minimum absolute atomic E-state index is 0.274. The Morgan fingerprint density at radius 3 is 3.00 bits per heavy atom. The van der Waals surface area contributed by atoms with Crippen LogP contribution in [-0.4, -0.2) is 61.4 Å². The van der Waals surface area contributed by atoms with Crippen molar-refractivity contribution >= 4 is 10.0 Å². The van der Waals surface area contributed by atoms with Crippen molar-refractivity contribution in [3.05, 3.63) is 12.4 Å². The van der Waals surface area contributed by atoms with Gasteiger partial charge >= 0.3 is 0 Å². The number of aromatic nitrogens is 2. The van der Waals surface area contributed by atoms with Crippen LogP contribution >= 0.6 is 0 Å². The van der Waals surface area contributed by atoms with Gasteiger partial charge in [0, 0.05) is 38.5 Å². The van der Waals surface area contributed by atoms with Crippen LogP contribution in [0.2, 0.25) is 0 Å². The van der Waals surface area contributed by atoms with E-state index in [4.69, 9.17) is 4.74 Å². The maximum absolute atomic E-state index is 12.5. The Morgan fingerprint density at radius 2 is 2.19 bits per heavy atom. The first-order valence-corrected chi connectivity index (χ1v) is 8.94. The SMILES string of the molecule is O=S(=O)(c1cnn(CCNC2CC2)c1)N1CCCOCC1. The van der Waals surface area contributed by atoms with Gasteiger partial charge in [0.1, 0.15) is 4.90 Å². The molecule has 1 N–H and O–H groups in total. The van der Waals surface area contributed by atoms with E-state index in [1.165, 1.54) is 23.3 Å². The Kier molecular flexibility index (Phi) is 4.58. The maximum atomic E-state index is 12.5. The van der Waals surface area contributed by atoms with Gasteiger partial charge in [-0.15, -0.1) is 0 Å². The summed E-state index contributed by atoms with van der Waals surface area (Å²) in [6, 6.07) is 0.654. The predicted octanol–water partition coefficient (Wildman–Crippen LogP) is 0.0461. The van der Waals surface area contributed by atoms with Crippen molar-refractivity contribution in [1.82, 2.24) is 19.4 Å². The highest BCUT2D eigenvalue weighted by atomic mass is 32.2. The fraction of sp³-hybridized carbons (Fsp3) is 0.769. The van der Waals surface area contributed by atoms with Crippen LogP contribution in [0, 0.1) is 0 Å². The zero-order chi connectivity index (χ0) is 14.7. The van der Waals surface area contributed by atoms with Crippen molar-refractivity contribution in [2.24, 2.45) is 0 Å². The fourth-order valence-corrected chi connectivity index (χ4v) is 3.80. The number of rotatable bonds is 6. The molecule has 1 aliphatic carbocycles. The minimum Gasteiger partial charge on any atom is -0.380 e. The van der Waals surface area contributed by atoms with Crippen LogP contribution in [0.1, 0.15) is 19.3 Å². The van der Waals surface area contributed by atoms with Crippen LogP contribution in [0.3, 0.4) is 0 Å². The Hall–Kier alpha value is -0.960. The third-order valence-corrected chi connectivity index (χ3v) is 5.63. The molecule has 0 bridgehead atoms. The number of hydrogen-bond acceptors (Lipinski definition) is 5. The lowest BCUT2D eigenvalue weighted by Gasteiger charge is -2.17. The molecule has 0 atom stereocenters. The van der Waals surface area contributed by atoms with Crippen molar-refractivity contribution in [2.45, 2.75) is 36.7 Å². The van der Waals surface area contributed by atoms with Crippen molar-refractivity contribution < 1.29 is 13.2 Å². The van der Waals surface area contributed by atoms with E-state index in [1.54, 1.807) is 10.9 Å². The number of hydrogen-bond donors (Lipinski definition) is 1. The van der Waals surface area contributed by atoms with Gasteiger partial charge in [-0.2, -0.15) is 9.40 Å². The summed E-state index contributed by atoms with van der Waals surface area (Å²) >= 11 is 0. The van der Waals surface area contributed by atoms with Crippen LogP contribution in [-0.2, 0) is 21.3 Å². The van der Waals surface area contributed by atoms with E-state index in [1.807, 2.05) is 0 Å². The van der Waals surface area contributed by atoms with E-state index in [0.717, 1.165) is 13.0 Å². The van der Waals surface area contributed by atoms with E-state index in [9.17, 15) is 8.42 Å². The van der Waals surface area contributed by atoms with Gasteiger partial charge in [0.2, 0.25) is 10.0 Å². The first-order chi connectivity index (χ1) is 10.2. The quantitative estimate of drug-likeness (QED) is 0.803. The normalized spacial score (nSPS) is 21.3. The van der Waals surface area contributed by atoms with Gasteiger partial charge in [-0.25, -0.2) is 8.42 Å². The number of sulfonamides is 1. The highest BCUT2D eigenvalue weighted by molar-refractivity contribution is 7.89. The molecule has 0 unspecified atom stereocenters. The molecule has 1 aliphatic heterocycles. The number of ether oxygens (including phenoxy) is 1. The average molecular weight is 314 g/mol. The third kappa shape index (κ3) is 3.82. The molecule has 7 nitrogen and oxygen atoms in total. The Balaban J connectivity index is 1.62. The van der Waals surface area contributed by atoms with Crippen LogP contribution in [0.5, 0.6) is 0 Å². The zero-order valence-corrected chi connectivity index (χ0v) is 12.9. The number of nitrogens with one attached hydrogen (secondary N) is 1. The largest absolute Gasteiger partial charge is 0.380 e. The number of nitrogens with zero attached hydrogens (tertiary/aromatic N) is 3. The van der Waals surface area contributed by atoms with Gasteiger partial charge in [-0.3, -0.25) is 4.68 Å². The molecule has 1 saturated heterocycles. The monoisotopic (exact) mass is 314 g/mol. The maximum Gasteiger partial charge on any atom is 0.246 e. The molecule has 0 radical (unpaired) electrons. The standard InChI is InChI=1S/C13H22N4O3S/c18-21(19,17-5-1-8-20-9-7-17)13-10-15-16(11-13)6-4-14-12-2-3-12/h10-12,14H,1-9H2. The molecule has 118 valence electrons. The molecule has 1 aromatic rings. The van der Waals surface area contributed by atoms with Crippen LogP contribution in [0.15, 0.2) is 17.3 Å². The lowest BCUT2D eigenvalue weighted by atomic mass is 10.5. The lowest BCUT2D eigenvalue weighted by molar-refractivity contribution is 0.148. The van der Waals surface area contributed by atoms with Crippen molar-refractivity contribution in [3.8, 4) is 0 Å². The first kappa shape index (κ1) is 15.0. The van der Waals surface area contributed by atoms with Gasteiger partial charge < -0.3 is 10.1 Å². The Bertz CT molecular complexity index is 560. The van der Waals surface area contributed by atoms with Gasteiger partial charge in [0.15, 0.2) is 0 Å². The molecule has 0 spiro atoms. The molecule has 1 saturated carbocycles. The van der Waals surface area contributed by atoms with Crippen LogP contribution in [0.4, 0.5) is 0 Å². The third-order valence-electron chi connectivity index (χ3n) is 3.78. The Labute approximate surface area is 125 Å². The van der Waals surface area contributed by atoms with Gasteiger partial charge in [-0.1, -0.05) is 0 Å². The second-order valence-electron chi connectivity index (χ2n) is 5.54. The zero-order valence-electron chi connectivity index (χ0n) is 12.1. The molecule has 3 rings (SSSR count). The lowest BCUT2D eigenvalue weighted by Crippen LogP contribution is -2.33. The molecule has 21 heavy (non-hydrogen) atoms. The second-order valence-corrected chi connectivity index (χ2v) is 7.48. The topological polar surface area (TPSA) is 76.5 Å². The molecular weight excluding hydrogens is 292 g/mol. The average Bonchev–Trinajstić information content (AvgIpc) is 3.21. The summed E-state index contributed by atoms with van der Waals surface area (Å²) in [7, 11) is -3.44. The minimum atomic E-state index is -3.44. The molecule has 0 aromatic carbocycles. The van der Waals surface area contributed by atoms with E-state index in [-0.39, 0.29) is 4.90 Å². The van der Waals surface area contributed by atoms with Gasteiger partial charge in [0.25, 0.3) is 0 Å². The highest BCUT2D eigenvalue weighted by Crippen LogP contribution is 2.18. The molecule has 8 heteroatoms. The molecule has 2 fully saturated rings. The predicted molar refractivity (Wildman–Crippen MR) is 77.4 cm³/mol. The van der Waals surface area contributed by atoms with E-state index in [2.05, 4.69) is 10.4 Å². The highest BCUT2D eigenvalue weighted by Gasteiger charge is 2.26. The summed E-state index contributed by atoms with van der Waals surface area (Å²) in [6.07, 6.45) is 6.29. The van der Waals surface area contributed by atoms with Crippen molar-refractivity contribution in [3.63, 3.8) is 0 Å². The van der Waals surface area contributed by atoms with E-state index < -0.39 is 10.0 Å². The fourth-order valence-electron chi connectivity index (χ4n) is 2.38. The van der Waals surface area contributed by atoms with Crippen molar-refractivity contribution in [2.75, 3.05) is 32.8 Å². The summed E-state index contributed by atoms with van der Waals surface area (Å²) in [5.74, 6) is 0. The smallest absolute Gasteiger partial charge is 0.246 e. The molecule has 1 aromatic heterocycles. The van der Waals surface area contributed by atoms with E-state index >= 15 is 0 Å². The van der Waals surface area contributed by atoms with Crippen LogP contribution in [0.25, 0.3) is 0 Å². The summed E-state index contributed by atoms with van der Waals surface area (Å²) in [6.45, 7) is 3.52. The van der Waals surface area contributed by atoms with Gasteiger partial charge in [-0.05, 0) is 19.3 Å². The summed E-state index contributed by atoms with van der Waals surface area (Å²) in [5.41, 5.74) is 0. The summed E-state index contributed by atoms with van der Waals surface area (Å²) in [5, 5.41) is 7.55. The summed E-state index contributed by atoms with van der Waals surface area (Å²) < 4.78 is 33.6. The van der Waals surface area contributed by atoms with E-state index in [0.29, 0.717) is 38.9 Å². The van der Waals surface area contributed by atoms with Gasteiger partial charge in [0.05, 0.1) is 19.3 Å². The molecular formula is C13H22N4O3S. The Morgan fingerprint density at radius 1 is 1.33 bits per heavy atom. The second kappa shape index (κ2) is 6.43. The van der Waals surface area contributed by atoms with Crippen LogP contribution < -0.4 is 5.32 Å². The molecule has 0 amide bonds. The first-order valence-electron chi connectivity index (χ1n) is 7.50.